The van der Waals surface area contributed by atoms with E-state index in [0.29, 0.717) is 30.5 Å². The van der Waals surface area contributed by atoms with Gasteiger partial charge in [-0.1, -0.05) is 18.2 Å². The second kappa shape index (κ2) is 6.16. The van der Waals surface area contributed by atoms with Crippen LogP contribution < -0.4 is 10.1 Å². The molecule has 0 spiro atoms. The molecule has 4 rings (SSSR count). The van der Waals surface area contributed by atoms with E-state index in [1.807, 2.05) is 30.1 Å². The van der Waals surface area contributed by atoms with E-state index >= 15 is 0 Å². The van der Waals surface area contributed by atoms with Crippen LogP contribution in [0, 0.1) is 0 Å². The molecular weight excluding hydrogens is 288 g/mol. The van der Waals surface area contributed by atoms with Crippen molar-refractivity contribution in [3.63, 3.8) is 0 Å². The Labute approximate surface area is 138 Å². The fraction of sp³-hybridized carbons (Fsp3) is 0.632. The number of nitrogens with one attached hydrogen (secondary N) is 1. The molecule has 1 amide bonds. The Morgan fingerprint density at radius 1 is 1.22 bits per heavy atom. The molecule has 3 aliphatic heterocycles. The predicted molar refractivity (Wildman–Crippen MR) is 89.6 cm³/mol. The molecular formula is C19H26N2O2. The van der Waals surface area contributed by atoms with E-state index in [9.17, 15) is 4.79 Å². The monoisotopic (exact) mass is 314 g/mol. The van der Waals surface area contributed by atoms with E-state index < -0.39 is 0 Å². The number of fused-ring (bicyclic) bond motifs is 3. The SMILES string of the molecule is CN(C(=O)CC1CCOc2ccccc21)C1CC2CCC(C1)N2. The van der Waals surface area contributed by atoms with Gasteiger partial charge in [-0.25, -0.2) is 0 Å². The molecule has 2 bridgehead atoms. The summed E-state index contributed by atoms with van der Waals surface area (Å²) >= 11 is 0. The number of piperidine rings is 1. The minimum atomic E-state index is 0.290. The molecule has 1 N–H and O–H groups in total. The summed E-state index contributed by atoms with van der Waals surface area (Å²) in [5, 5.41) is 3.65. The highest BCUT2D eigenvalue weighted by molar-refractivity contribution is 5.77. The molecule has 3 unspecified atom stereocenters. The lowest BCUT2D eigenvalue weighted by Gasteiger charge is -2.36. The molecule has 1 aromatic carbocycles. The Hall–Kier alpha value is -1.55. The first kappa shape index (κ1) is 15.0. The zero-order valence-corrected chi connectivity index (χ0v) is 13.8. The van der Waals surface area contributed by atoms with Gasteiger partial charge in [-0.3, -0.25) is 4.79 Å². The summed E-state index contributed by atoms with van der Waals surface area (Å²) in [6, 6.07) is 9.82. The number of hydrogen-bond acceptors (Lipinski definition) is 3. The highest BCUT2D eigenvalue weighted by Crippen LogP contribution is 2.36. The Balaban J connectivity index is 1.42. The van der Waals surface area contributed by atoms with Gasteiger partial charge in [-0.05, 0) is 49.7 Å². The van der Waals surface area contributed by atoms with E-state index in [0.717, 1.165) is 31.6 Å². The van der Waals surface area contributed by atoms with Crippen molar-refractivity contribution in [2.45, 2.75) is 62.6 Å². The van der Waals surface area contributed by atoms with E-state index in [4.69, 9.17) is 4.74 Å². The summed E-state index contributed by atoms with van der Waals surface area (Å²) in [5.41, 5.74) is 1.20. The molecule has 2 fully saturated rings. The molecule has 124 valence electrons. The van der Waals surface area contributed by atoms with Gasteiger partial charge in [0.05, 0.1) is 6.61 Å². The quantitative estimate of drug-likeness (QED) is 0.932. The number of amides is 1. The first-order chi connectivity index (χ1) is 11.2. The van der Waals surface area contributed by atoms with Gasteiger partial charge in [0.1, 0.15) is 5.75 Å². The number of benzene rings is 1. The molecule has 0 aromatic heterocycles. The molecule has 3 heterocycles. The third-order valence-corrected chi connectivity index (χ3v) is 5.89. The van der Waals surface area contributed by atoms with Crippen molar-refractivity contribution in [1.82, 2.24) is 10.2 Å². The first-order valence-electron chi connectivity index (χ1n) is 8.94. The molecule has 4 heteroatoms. The fourth-order valence-electron chi connectivity index (χ4n) is 4.53. The molecule has 1 aromatic rings. The van der Waals surface area contributed by atoms with Gasteiger partial charge in [0.15, 0.2) is 0 Å². The Bertz CT molecular complexity index is 576. The molecule has 2 saturated heterocycles. The number of ether oxygens (including phenoxy) is 1. The van der Waals surface area contributed by atoms with Crippen molar-refractivity contribution in [3.05, 3.63) is 29.8 Å². The smallest absolute Gasteiger partial charge is 0.223 e. The van der Waals surface area contributed by atoms with Crippen LogP contribution in [0.2, 0.25) is 0 Å². The molecule has 0 radical (unpaired) electrons. The lowest BCUT2D eigenvalue weighted by atomic mass is 9.89. The number of carbonyl (C=O) groups is 1. The topological polar surface area (TPSA) is 41.6 Å². The normalized spacial score (nSPS) is 32.0. The van der Waals surface area contributed by atoms with Crippen LogP contribution in [0.5, 0.6) is 5.75 Å². The summed E-state index contributed by atoms with van der Waals surface area (Å²) < 4.78 is 5.72. The van der Waals surface area contributed by atoms with Gasteiger partial charge >= 0.3 is 0 Å². The number of nitrogens with zero attached hydrogens (tertiary/aromatic N) is 1. The summed E-state index contributed by atoms with van der Waals surface area (Å²) in [4.78, 5) is 14.9. The van der Waals surface area contributed by atoms with E-state index in [1.54, 1.807) is 0 Å². The van der Waals surface area contributed by atoms with Crippen molar-refractivity contribution >= 4 is 5.91 Å². The Morgan fingerprint density at radius 2 is 1.96 bits per heavy atom. The highest BCUT2D eigenvalue weighted by atomic mass is 16.5. The van der Waals surface area contributed by atoms with Crippen LogP contribution in [0.1, 0.15) is 50.0 Å². The Kier molecular flexibility index (Phi) is 4.02. The minimum absolute atomic E-state index is 0.290. The second-order valence-corrected chi connectivity index (χ2v) is 7.34. The Morgan fingerprint density at radius 3 is 2.74 bits per heavy atom. The van der Waals surface area contributed by atoms with Crippen LogP contribution in [-0.4, -0.2) is 42.6 Å². The van der Waals surface area contributed by atoms with E-state index in [1.165, 1.54) is 18.4 Å². The standard InChI is InChI=1S/C19H26N2O2/c1-21(16-11-14-6-7-15(12-16)20-14)19(22)10-13-8-9-23-18-5-3-2-4-17(13)18/h2-5,13-16,20H,6-12H2,1H3. The summed E-state index contributed by atoms with van der Waals surface area (Å²) in [7, 11) is 2.00. The summed E-state index contributed by atoms with van der Waals surface area (Å²) in [5.74, 6) is 1.55. The van der Waals surface area contributed by atoms with Gasteiger partial charge in [-0.15, -0.1) is 0 Å². The van der Waals surface area contributed by atoms with Crippen molar-refractivity contribution in [1.29, 1.82) is 0 Å². The van der Waals surface area contributed by atoms with E-state index in [-0.39, 0.29) is 5.91 Å². The highest BCUT2D eigenvalue weighted by Gasteiger charge is 2.37. The van der Waals surface area contributed by atoms with Crippen LogP contribution in [-0.2, 0) is 4.79 Å². The lowest BCUT2D eigenvalue weighted by Crippen LogP contribution is -2.49. The number of rotatable bonds is 3. The molecule has 3 aliphatic rings. The number of hydrogen-bond donors (Lipinski definition) is 1. The number of carbonyl (C=O) groups excluding carboxylic acids is 1. The maximum Gasteiger partial charge on any atom is 0.223 e. The van der Waals surface area contributed by atoms with Gasteiger partial charge in [0, 0.05) is 31.6 Å². The second-order valence-electron chi connectivity index (χ2n) is 7.34. The maximum atomic E-state index is 12.8. The van der Waals surface area contributed by atoms with Crippen molar-refractivity contribution in [3.8, 4) is 5.75 Å². The zero-order valence-electron chi connectivity index (χ0n) is 13.8. The van der Waals surface area contributed by atoms with Crippen molar-refractivity contribution in [2.75, 3.05) is 13.7 Å². The van der Waals surface area contributed by atoms with Crippen LogP contribution in [0.3, 0.4) is 0 Å². The van der Waals surface area contributed by atoms with Gasteiger partial charge in [0.25, 0.3) is 0 Å². The fourth-order valence-corrected chi connectivity index (χ4v) is 4.53. The van der Waals surface area contributed by atoms with Gasteiger partial charge < -0.3 is 15.0 Å². The molecule has 0 aliphatic carbocycles. The van der Waals surface area contributed by atoms with Crippen molar-refractivity contribution in [2.24, 2.45) is 0 Å². The van der Waals surface area contributed by atoms with Crippen LogP contribution in [0.15, 0.2) is 24.3 Å². The van der Waals surface area contributed by atoms with Crippen LogP contribution in [0.25, 0.3) is 0 Å². The average molecular weight is 314 g/mol. The van der Waals surface area contributed by atoms with Crippen LogP contribution >= 0.6 is 0 Å². The summed E-state index contributed by atoms with van der Waals surface area (Å²) in [6.07, 6.45) is 6.32. The molecule has 3 atom stereocenters. The van der Waals surface area contributed by atoms with Gasteiger partial charge in [-0.2, -0.15) is 0 Å². The third-order valence-electron chi connectivity index (χ3n) is 5.89. The van der Waals surface area contributed by atoms with Crippen LogP contribution in [0.4, 0.5) is 0 Å². The summed E-state index contributed by atoms with van der Waals surface area (Å²) in [6.45, 7) is 0.718. The minimum Gasteiger partial charge on any atom is -0.493 e. The average Bonchev–Trinajstić information content (AvgIpc) is 2.92. The molecule has 4 nitrogen and oxygen atoms in total. The third kappa shape index (κ3) is 2.97. The predicted octanol–water partition coefficient (Wildman–Crippen LogP) is 2.68. The molecule has 23 heavy (non-hydrogen) atoms. The largest absolute Gasteiger partial charge is 0.493 e. The number of para-hydroxylation sites is 1. The van der Waals surface area contributed by atoms with E-state index in [2.05, 4.69) is 11.4 Å². The first-order valence-corrected chi connectivity index (χ1v) is 8.94. The van der Waals surface area contributed by atoms with Crippen molar-refractivity contribution < 1.29 is 9.53 Å². The maximum absolute atomic E-state index is 12.8. The van der Waals surface area contributed by atoms with Gasteiger partial charge in [0.2, 0.25) is 5.91 Å². The zero-order chi connectivity index (χ0) is 15.8. The lowest BCUT2D eigenvalue weighted by molar-refractivity contribution is -0.133. The molecule has 0 saturated carbocycles.